The van der Waals surface area contributed by atoms with Crippen LogP contribution in [-0.2, 0) is 4.74 Å². The molecular weight excluding hydrogens is 549 g/mol. The number of nitrogens with one attached hydrogen (secondary N) is 1. The Labute approximate surface area is 244 Å². The lowest BCUT2D eigenvalue weighted by atomic mass is 9.96. The maximum atomic E-state index is 6.67. The lowest BCUT2D eigenvalue weighted by Gasteiger charge is -2.31. The molecule has 39 heavy (non-hydrogen) atoms. The zero-order chi connectivity index (χ0) is 27.1. The summed E-state index contributed by atoms with van der Waals surface area (Å²) in [5, 5.41) is 5.30. The van der Waals surface area contributed by atoms with Crippen LogP contribution in [0.3, 0.4) is 0 Å². The van der Waals surface area contributed by atoms with Crippen molar-refractivity contribution < 1.29 is 4.74 Å². The van der Waals surface area contributed by atoms with Gasteiger partial charge >= 0.3 is 0 Å². The van der Waals surface area contributed by atoms with Crippen LogP contribution >= 0.6 is 35.4 Å². The van der Waals surface area contributed by atoms with Crippen LogP contribution in [-0.4, -0.2) is 41.0 Å². The Hall–Kier alpha value is -3.10. The van der Waals surface area contributed by atoms with Crippen LogP contribution in [0.1, 0.15) is 34.7 Å². The second kappa shape index (κ2) is 10.8. The van der Waals surface area contributed by atoms with Gasteiger partial charge in [-0.2, -0.15) is 0 Å². The lowest BCUT2D eigenvalue weighted by Crippen LogP contribution is -2.36. The van der Waals surface area contributed by atoms with Crippen LogP contribution in [0.4, 0.5) is 11.4 Å². The highest BCUT2D eigenvalue weighted by atomic mass is 35.5. The van der Waals surface area contributed by atoms with E-state index < -0.39 is 0 Å². The molecule has 0 saturated carbocycles. The van der Waals surface area contributed by atoms with Crippen LogP contribution in [0.15, 0.2) is 72.9 Å². The van der Waals surface area contributed by atoms with Gasteiger partial charge in [0, 0.05) is 42.0 Å². The fourth-order valence-corrected chi connectivity index (χ4v) is 6.44. The number of thiocarbonyl (C=S) groups is 1. The van der Waals surface area contributed by atoms with Crippen molar-refractivity contribution in [1.29, 1.82) is 0 Å². The van der Waals surface area contributed by atoms with E-state index in [0.717, 1.165) is 60.3 Å². The maximum Gasteiger partial charge on any atom is 0.174 e. The van der Waals surface area contributed by atoms with Gasteiger partial charge in [-0.3, -0.25) is 4.98 Å². The summed E-state index contributed by atoms with van der Waals surface area (Å²) >= 11 is 19.0. The molecule has 9 heteroatoms. The summed E-state index contributed by atoms with van der Waals surface area (Å²) in [7, 11) is 0. The van der Waals surface area contributed by atoms with E-state index >= 15 is 0 Å². The van der Waals surface area contributed by atoms with Crippen LogP contribution in [0, 0.1) is 13.8 Å². The number of halogens is 2. The molecule has 4 aromatic rings. The summed E-state index contributed by atoms with van der Waals surface area (Å²) in [6.45, 7) is 7.50. The number of benzene rings is 2. The van der Waals surface area contributed by atoms with E-state index in [1.807, 2.05) is 36.5 Å². The third-order valence-electron chi connectivity index (χ3n) is 7.56. The van der Waals surface area contributed by atoms with Crippen molar-refractivity contribution >= 4 is 51.9 Å². The quantitative estimate of drug-likeness (QED) is 0.263. The van der Waals surface area contributed by atoms with Crippen LogP contribution in [0.25, 0.3) is 5.69 Å². The van der Waals surface area contributed by atoms with E-state index in [-0.39, 0.29) is 12.1 Å². The van der Waals surface area contributed by atoms with Crippen molar-refractivity contribution in [2.75, 3.05) is 36.1 Å². The normalized spacial score (nSPS) is 19.4. The van der Waals surface area contributed by atoms with Crippen molar-refractivity contribution in [2.45, 2.75) is 25.9 Å². The Morgan fingerprint density at radius 3 is 2.41 bits per heavy atom. The third-order valence-corrected chi connectivity index (χ3v) is 8.69. The highest BCUT2D eigenvalue weighted by Gasteiger charge is 2.42. The van der Waals surface area contributed by atoms with Crippen molar-refractivity contribution in [1.82, 2.24) is 14.9 Å². The van der Waals surface area contributed by atoms with Gasteiger partial charge in [-0.1, -0.05) is 35.3 Å². The molecule has 0 aliphatic carbocycles. The Balaban J connectivity index is 1.45. The van der Waals surface area contributed by atoms with E-state index in [0.29, 0.717) is 15.2 Å². The number of ether oxygens (including phenoxy) is 1. The molecule has 2 aliphatic rings. The van der Waals surface area contributed by atoms with Gasteiger partial charge in [-0.15, -0.1) is 0 Å². The molecule has 2 aliphatic heterocycles. The van der Waals surface area contributed by atoms with E-state index in [1.54, 1.807) is 6.07 Å². The monoisotopic (exact) mass is 577 g/mol. The molecule has 0 spiro atoms. The molecule has 0 radical (unpaired) electrons. The number of anilines is 2. The molecule has 4 heterocycles. The summed E-state index contributed by atoms with van der Waals surface area (Å²) < 4.78 is 7.69. The number of aryl methyl sites for hydroxylation is 1. The number of nitrogens with zero attached hydrogens (tertiary/aromatic N) is 4. The Morgan fingerprint density at radius 1 is 0.949 bits per heavy atom. The van der Waals surface area contributed by atoms with E-state index in [1.165, 1.54) is 5.69 Å². The van der Waals surface area contributed by atoms with Gasteiger partial charge in [0.15, 0.2) is 5.11 Å². The second-order valence-electron chi connectivity index (χ2n) is 9.85. The first-order valence-corrected chi connectivity index (χ1v) is 14.2. The number of hydrogen-bond donors (Lipinski definition) is 1. The zero-order valence-electron chi connectivity index (χ0n) is 21.8. The molecule has 2 aromatic carbocycles. The first-order chi connectivity index (χ1) is 18.9. The topological polar surface area (TPSA) is 45.6 Å². The minimum absolute atomic E-state index is 0.125. The first-order valence-electron chi connectivity index (χ1n) is 13.0. The molecule has 2 fully saturated rings. The van der Waals surface area contributed by atoms with Crippen molar-refractivity contribution in [3.8, 4) is 5.69 Å². The summed E-state index contributed by atoms with van der Waals surface area (Å²) in [6, 6.07) is 22.3. The molecule has 200 valence electrons. The molecule has 2 atom stereocenters. The van der Waals surface area contributed by atoms with Gasteiger partial charge in [0.1, 0.15) is 0 Å². The molecular formula is C30H29Cl2N5OS. The van der Waals surface area contributed by atoms with Crippen LogP contribution < -0.4 is 15.1 Å². The minimum Gasteiger partial charge on any atom is -0.378 e. The first kappa shape index (κ1) is 26.1. The van der Waals surface area contributed by atoms with Crippen molar-refractivity contribution in [3.05, 3.63) is 106 Å². The Morgan fingerprint density at radius 2 is 1.69 bits per heavy atom. The average molecular weight is 579 g/mol. The molecule has 0 bridgehead atoms. The molecule has 2 aromatic heterocycles. The SMILES string of the molecule is Cc1cc([C@@H]2[C@H](c3ccccn3)NC(=S)N2c2ccc(N3CCOCC3)cc2)c(C)n1-c1cccc(Cl)c1Cl. The molecule has 2 saturated heterocycles. The average Bonchev–Trinajstić information content (AvgIpc) is 3.46. The number of rotatable bonds is 5. The smallest absolute Gasteiger partial charge is 0.174 e. The Kier molecular flexibility index (Phi) is 7.25. The largest absolute Gasteiger partial charge is 0.378 e. The Bertz CT molecular complexity index is 1500. The number of pyridine rings is 1. The van der Waals surface area contributed by atoms with Crippen LogP contribution in [0.5, 0.6) is 0 Å². The zero-order valence-corrected chi connectivity index (χ0v) is 24.1. The molecule has 1 N–H and O–H groups in total. The van der Waals surface area contributed by atoms with Gasteiger partial charge < -0.3 is 24.4 Å². The predicted molar refractivity (Wildman–Crippen MR) is 163 cm³/mol. The van der Waals surface area contributed by atoms with Gasteiger partial charge in [-0.05, 0) is 86.2 Å². The molecule has 6 nitrogen and oxygen atoms in total. The van der Waals surface area contributed by atoms with E-state index in [4.69, 9.17) is 45.1 Å². The van der Waals surface area contributed by atoms with Gasteiger partial charge in [0.25, 0.3) is 0 Å². The molecule has 0 unspecified atom stereocenters. The van der Waals surface area contributed by atoms with Gasteiger partial charge in [-0.25, -0.2) is 0 Å². The fraction of sp³-hybridized carbons (Fsp3) is 0.267. The highest BCUT2D eigenvalue weighted by Crippen LogP contribution is 2.44. The molecule has 6 rings (SSSR count). The number of aromatic nitrogens is 2. The summed E-state index contributed by atoms with van der Waals surface area (Å²) in [5.41, 5.74) is 7.28. The lowest BCUT2D eigenvalue weighted by molar-refractivity contribution is 0.122. The van der Waals surface area contributed by atoms with Crippen LogP contribution in [0.2, 0.25) is 10.0 Å². The van der Waals surface area contributed by atoms with Gasteiger partial charge in [0.2, 0.25) is 0 Å². The minimum atomic E-state index is -0.138. The summed E-state index contributed by atoms with van der Waals surface area (Å²) in [6.07, 6.45) is 1.83. The van der Waals surface area contributed by atoms with Crippen molar-refractivity contribution in [2.24, 2.45) is 0 Å². The van der Waals surface area contributed by atoms with Gasteiger partial charge in [0.05, 0.1) is 46.7 Å². The predicted octanol–water partition coefficient (Wildman–Crippen LogP) is 6.81. The highest BCUT2D eigenvalue weighted by molar-refractivity contribution is 7.80. The van der Waals surface area contributed by atoms with E-state index in [9.17, 15) is 0 Å². The second-order valence-corrected chi connectivity index (χ2v) is 11.0. The van der Waals surface area contributed by atoms with E-state index in [2.05, 4.69) is 63.9 Å². The fourth-order valence-electron chi connectivity index (χ4n) is 5.72. The maximum absolute atomic E-state index is 6.67. The summed E-state index contributed by atoms with van der Waals surface area (Å²) in [5.74, 6) is 0. The molecule has 0 amide bonds. The standard InChI is InChI=1S/C30H29Cl2N5OS/c1-19-18-23(20(2)36(19)26-8-5-6-24(31)27(26)32)29-28(25-7-3-4-13-33-25)34-30(39)37(29)22-11-9-21(10-12-22)35-14-16-38-17-15-35/h3-13,18,28-29H,14-17H2,1-2H3,(H,34,39)/t28-,29+/m0/s1. The number of morpholine rings is 1. The number of hydrogen-bond acceptors (Lipinski definition) is 4. The third kappa shape index (κ3) is 4.78. The van der Waals surface area contributed by atoms with Crippen molar-refractivity contribution in [3.63, 3.8) is 0 Å². The summed E-state index contributed by atoms with van der Waals surface area (Å²) in [4.78, 5) is 9.27.